The zero-order chi connectivity index (χ0) is 33.4. The SMILES string of the molecule is CN(CC1(N(C)C)CCC1)c1nc(OCC2(CN3C4CCC3CSC4)CC2)nc2cc(-c3cc(F)c(F)c4sc(N)c(C#N)c34)ncc12. The summed E-state index contributed by atoms with van der Waals surface area (Å²) in [5, 5.41) is 11.0. The van der Waals surface area contributed by atoms with Crippen molar-refractivity contribution < 1.29 is 13.5 Å². The third kappa shape index (κ3) is 5.36. The number of fused-ring (bicyclic) bond motifs is 4. The van der Waals surface area contributed by atoms with Crippen LogP contribution < -0.4 is 15.4 Å². The Labute approximate surface area is 287 Å². The summed E-state index contributed by atoms with van der Waals surface area (Å²) < 4.78 is 36.3. The van der Waals surface area contributed by atoms with E-state index in [0.29, 0.717) is 47.3 Å². The van der Waals surface area contributed by atoms with Crippen LogP contribution in [0.2, 0.25) is 0 Å². The monoisotopic (exact) mass is 690 g/mol. The van der Waals surface area contributed by atoms with E-state index in [1.165, 1.54) is 30.8 Å². The molecular weight excluding hydrogens is 651 g/mol. The van der Waals surface area contributed by atoms with Gasteiger partial charge in [0.05, 0.1) is 33.5 Å². The number of nitrogens with two attached hydrogens (primary N) is 1. The summed E-state index contributed by atoms with van der Waals surface area (Å²) in [5.74, 6) is 1.11. The summed E-state index contributed by atoms with van der Waals surface area (Å²) in [5.41, 5.74) is 7.57. The van der Waals surface area contributed by atoms with Gasteiger partial charge in [0.25, 0.3) is 0 Å². The van der Waals surface area contributed by atoms with Crippen LogP contribution in [-0.4, -0.2) is 94.7 Å². The lowest BCUT2D eigenvalue weighted by Crippen LogP contribution is -2.56. The van der Waals surface area contributed by atoms with E-state index in [1.807, 2.05) is 7.05 Å². The predicted octanol–water partition coefficient (Wildman–Crippen LogP) is 6.30. The molecule has 0 spiro atoms. The molecule has 2 N–H and O–H groups in total. The smallest absolute Gasteiger partial charge is 0.318 e. The number of benzene rings is 1. The summed E-state index contributed by atoms with van der Waals surface area (Å²) in [6.07, 6.45) is 9.94. The Morgan fingerprint density at radius 2 is 1.85 bits per heavy atom. The molecule has 9 nitrogen and oxygen atoms in total. The number of nitriles is 1. The quantitative estimate of drug-likeness (QED) is 0.204. The number of ether oxygens (including phenoxy) is 1. The number of hydrogen-bond acceptors (Lipinski definition) is 11. The zero-order valence-corrected chi connectivity index (χ0v) is 29.2. The van der Waals surface area contributed by atoms with Crippen LogP contribution in [-0.2, 0) is 0 Å². The zero-order valence-electron chi connectivity index (χ0n) is 27.6. The molecule has 4 aromatic rings. The molecule has 2 aliphatic carbocycles. The van der Waals surface area contributed by atoms with Crippen molar-refractivity contribution in [3.8, 4) is 23.3 Å². The van der Waals surface area contributed by atoms with E-state index in [2.05, 4.69) is 46.6 Å². The van der Waals surface area contributed by atoms with E-state index in [1.54, 1.807) is 12.3 Å². The Bertz CT molecular complexity index is 1940. The maximum Gasteiger partial charge on any atom is 0.318 e. The van der Waals surface area contributed by atoms with Gasteiger partial charge in [-0.1, -0.05) is 0 Å². The van der Waals surface area contributed by atoms with Crippen molar-refractivity contribution in [2.75, 3.05) is 63.0 Å². The second-order valence-electron chi connectivity index (χ2n) is 14.5. The molecule has 2 saturated heterocycles. The van der Waals surface area contributed by atoms with Gasteiger partial charge in [-0.2, -0.15) is 27.0 Å². The fourth-order valence-electron chi connectivity index (χ4n) is 7.98. The van der Waals surface area contributed by atoms with Gasteiger partial charge in [0, 0.05) is 71.8 Å². The van der Waals surface area contributed by atoms with Crippen molar-refractivity contribution in [2.24, 2.45) is 5.41 Å². The number of thiophene rings is 1. The van der Waals surface area contributed by atoms with Crippen molar-refractivity contribution in [2.45, 2.75) is 62.6 Å². The third-order valence-electron chi connectivity index (χ3n) is 11.3. The summed E-state index contributed by atoms with van der Waals surface area (Å²) in [6.45, 7) is 2.38. The predicted molar refractivity (Wildman–Crippen MR) is 189 cm³/mol. The molecule has 4 fully saturated rings. The minimum absolute atomic E-state index is 0.00183. The largest absolute Gasteiger partial charge is 0.463 e. The van der Waals surface area contributed by atoms with Crippen LogP contribution in [0.4, 0.5) is 19.6 Å². The van der Waals surface area contributed by atoms with E-state index in [4.69, 9.17) is 25.4 Å². The summed E-state index contributed by atoms with van der Waals surface area (Å²) in [4.78, 5) is 21.8. The number of nitrogen functional groups attached to an aromatic ring is 1. The van der Waals surface area contributed by atoms with Gasteiger partial charge in [-0.15, -0.1) is 11.3 Å². The standard InChI is InChI=1S/C35H40F2N8OS2/c1-43(2)35(7-4-8-35)18-44(3)32-24-14-40-26(22-11-25(36)29(37)30-28(22)23(13-38)31(39)48-30)12-27(24)41-33(42-32)46-19-34(9-10-34)17-45-20-5-6-21(45)16-47-15-20/h11-12,14,20-21H,4-10,15-19,39H2,1-3H3. The number of rotatable bonds is 10. The average molecular weight is 691 g/mol. The number of likely N-dealkylation sites (N-methyl/N-ethyl adjacent to an activating group) is 2. The van der Waals surface area contributed by atoms with Crippen LogP contribution >= 0.6 is 23.1 Å². The second kappa shape index (κ2) is 11.9. The molecule has 1 aromatic carbocycles. The molecule has 2 unspecified atom stereocenters. The highest BCUT2D eigenvalue weighted by atomic mass is 32.2. The summed E-state index contributed by atoms with van der Waals surface area (Å²) in [7, 11) is 6.30. The molecule has 0 radical (unpaired) electrons. The van der Waals surface area contributed by atoms with Crippen LogP contribution in [0, 0.1) is 28.4 Å². The maximum absolute atomic E-state index is 14.9. The number of aromatic nitrogens is 3. The first-order chi connectivity index (χ1) is 23.1. The van der Waals surface area contributed by atoms with E-state index in [0.717, 1.165) is 61.6 Å². The van der Waals surface area contributed by atoms with Gasteiger partial charge in [0.1, 0.15) is 16.9 Å². The van der Waals surface area contributed by atoms with Gasteiger partial charge >= 0.3 is 6.01 Å². The Kier molecular flexibility index (Phi) is 7.94. The van der Waals surface area contributed by atoms with Gasteiger partial charge in [-0.3, -0.25) is 9.88 Å². The van der Waals surface area contributed by atoms with Crippen LogP contribution in [0.1, 0.15) is 50.5 Å². The maximum atomic E-state index is 14.9. The van der Waals surface area contributed by atoms with E-state index in [9.17, 15) is 14.0 Å². The number of pyridine rings is 1. The molecule has 3 aromatic heterocycles. The number of halogens is 2. The Morgan fingerprint density at radius 1 is 1.10 bits per heavy atom. The van der Waals surface area contributed by atoms with Crippen molar-refractivity contribution in [3.05, 3.63) is 35.5 Å². The van der Waals surface area contributed by atoms with E-state index >= 15 is 0 Å². The molecule has 13 heteroatoms. The number of thioether (sulfide) groups is 1. The summed E-state index contributed by atoms with van der Waals surface area (Å²) >= 11 is 2.95. The van der Waals surface area contributed by atoms with Crippen molar-refractivity contribution in [1.82, 2.24) is 24.8 Å². The molecule has 4 aliphatic rings. The van der Waals surface area contributed by atoms with Crippen molar-refractivity contribution >= 4 is 54.9 Å². The van der Waals surface area contributed by atoms with Gasteiger partial charge in [-0.05, 0) is 71.2 Å². The minimum atomic E-state index is -1.03. The minimum Gasteiger partial charge on any atom is -0.463 e. The average Bonchev–Trinajstić information content (AvgIpc) is 3.69. The van der Waals surface area contributed by atoms with Crippen LogP contribution in [0.5, 0.6) is 6.01 Å². The highest BCUT2D eigenvalue weighted by Gasteiger charge is 2.49. The number of anilines is 2. The molecule has 2 aliphatic heterocycles. The second-order valence-corrected chi connectivity index (χ2v) is 16.6. The molecule has 2 bridgehead atoms. The molecular formula is C35H40F2N8OS2. The lowest BCUT2D eigenvalue weighted by molar-refractivity contribution is 0.0682. The molecule has 48 heavy (non-hydrogen) atoms. The normalized spacial score (nSPS) is 22.6. The summed E-state index contributed by atoms with van der Waals surface area (Å²) in [6, 6.07) is 6.56. The lowest BCUT2D eigenvalue weighted by Gasteiger charge is -2.49. The Morgan fingerprint density at radius 3 is 2.50 bits per heavy atom. The highest BCUT2D eigenvalue weighted by molar-refractivity contribution is 7.99. The first-order valence-electron chi connectivity index (χ1n) is 16.7. The van der Waals surface area contributed by atoms with Gasteiger partial charge in [0.15, 0.2) is 11.6 Å². The topological polar surface area (TPSA) is 107 Å². The Balaban J connectivity index is 1.17. The molecule has 0 amide bonds. The van der Waals surface area contributed by atoms with Gasteiger partial charge in [0.2, 0.25) is 0 Å². The first-order valence-corrected chi connectivity index (χ1v) is 18.7. The molecule has 252 valence electrons. The number of nitrogens with zero attached hydrogens (tertiary/aromatic N) is 7. The van der Waals surface area contributed by atoms with Gasteiger partial charge < -0.3 is 20.3 Å². The molecule has 2 atom stereocenters. The molecule has 5 heterocycles. The molecule has 2 saturated carbocycles. The first kappa shape index (κ1) is 31.9. The van der Waals surface area contributed by atoms with E-state index in [-0.39, 0.29) is 31.6 Å². The van der Waals surface area contributed by atoms with Crippen LogP contribution in [0.25, 0.3) is 32.2 Å². The van der Waals surface area contributed by atoms with Crippen LogP contribution in [0.3, 0.4) is 0 Å². The number of hydrogen-bond donors (Lipinski definition) is 1. The van der Waals surface area contributed by atoms with Gasteiger partial charge in [-0.25, -0.2) is 8.78 Å². The third-order valence-corrected chi connectivity index (χ3v) is 13.6. The Hall–Kier alpha value is -3.31. The van der Waals surface area contributed by atoms with Crippen molar-refractivity contribution in [3.63, 3.8) is 0 Å². The fraction of sp³-hybridized carbons (Fsp3) is 0.543. The highest BCUT2D eigenvalue weighted by Crippen LogP contribution is 2.49. The fourth-order valence-corrected chi connectivity index (χ4v) is 10.4. The lowest BCUT2D eigenvalue weighted by atomic mass is 9.75. The van der Waals surface area contributed by atoms with Crippen molar-refractivity contribution in [1.29, 1.82) is 5.26 Å². The van der Waals surface area contributed by atoms with E-state index < -0.39 is 11.6 Å². The molecule has 8 rings (SSSR count). The van der Waals surface area contributed by atoms with Crippen LogP contribution in [0.15, 0.2) is 18.3 Å².